The summed E-state index contributed by atoms with van der Waals surface area (Å²) in [7, 11) is 1.87. The Balaban J connectivity index is 1.50. The van der Waals surface area contributed by atoms with Gasteiger partial charge in [-0.2, -0.15) is 0 Å². The van der Waals surface area contributed by atoms with Crippen LogP contribution in [0, 0.1) is 0 Å². The Morgan fingerprint density at radius 2 is 1.97 bits per heavy atom. The summed E-state index contributed by atoms with van der Waals surface area (Å²) in [5.74, 6) is 0.827. The zero-order valence-electron chi connectivity index (χ0n) is 16.7. The van der Waals surface area contributed by atoms with E-state index in [9.17, 15) is 9.59 Å². The maximum atomic E-state index is 13.2. The molecular formula is C24H25N3O2. The highest BCUT2D eigenvalue weighted by atomic mass is 16.2. The van der Waals surface area contributed by atoms with E-state index in [-0.39, 0.29) is 17.5 Å². The molecule has 2 aliphatic rings. The van der Waals surface area contributed by atoms with Crippen molar-refractivity contribution >= 4 is 16.8 Å². The number of carbonyl (C=O) groups excluding carboxylic acids is 1. The highest BCUT2D eigenvalue weighted by Crippen LogP contribution is 2.35. The molecule has 5 nitrogen and oxygen atoms in total. The minimum Gasteiger partial charge on any atom is -0.335 e. The molecule has 3 aromatic rings. The summed E-state index contributed by atoms with van der Waals surface area (Å²) in [5, 5.41) is 0.598. The molecule has 0 saturated heterocycles. The number of carbonyl (C=O) groups is 1. The quantitative estimate of drug-likeness (QED) is 0.670. The normalized spacial score (nSPS) is 18.2. The average Bonchev–Trinajstić information content (AvgIpc) is 3.03. The van der Waals surface area contributed by atoms with Crippen LogP contribution in [-0.4, -0.2) is 27.4 Å². The summed E-state index contributed by atoms with van der Waals surface area (Å²) in [6.07, 6.45) is 5.96. The molecule has 0 bridgehead atoms. The topological polar surface area (TPSA) is 55.2 Å². The molecule has 1 aliphatic carbocycles. The third-order valence-electron chi connectivity index (χ3n) is 6.45. The lowest BCUT2D eigenvalue weighted by atomic mass is 10.1. The smallest absolute Gasteiger partial charge is 0.261 e. The monoisotopic (exact) mass is 387 g/mol. The SMILES string of the molecule is CN(C(=O)c1ccc2c(=O)n3c(nc2c1)CCCCC3)[C@@H]1CCc2ccccc21. The summed E-state index contributed by atoms with van der Waals surface area (Å²) in [4.78, 5) is 32.7. The van der Waals surface area contributed by atoms with Crippen LogP contribution in [0.15, 0.2) is 47.3 Å². The van der Waals surface area contributed by atoms with Gasteiger partial charge in [-0.15, -0.1) is 0 Å². The van der Waals surface area contributed by atoms with E-state index in [2.05, 4.69) is 18.2 Å². The van der Waals surface area contributed by atoms with Gasteiger partial charge in [0.2, 0.25) is 0 Å². The predicted molar refractivity (Wildman–Crippen MR) is 113 cm³/mol. The number of hydrogen-bond acceptors (Lipinski definition) is 3. The Labute approximate surface area is 170 Å². The Morgan fingerprint density at radius 1 is 1.10 bits per heavy atom. The van der Waals surface area contributed by atoms with Crippen molar-refractivity contribution in [1.82, 2.24) is 14.5 Å². The Kier molecular flexibility index (Phi) is 4.46. The van der Waals surface area contributed by atoms with Gasteiger partial charge in [-0.25, -0.2) is 4.98 Å². The molecular weight excluding hydrogens is 362 g/mol. The highest BCUT2D eigenvalue weighted by molar-refractivity contribution is 5.97. The first-order valence-corrected chi connectivity index (χ1v) is 10.5. The number of fused-ring (bicyclic) bond motifs is 3. The van der Waals surface area contributed by atoms with E-state index in [0.29, 0.717) is 16.5 Å². The van der Waals surface area contributed by atoms with E-state index in [4.69, 9.17) is 4.98 Å². The lowest BCUT2D eigenvalue weighted by molar-refractivity contribution is 0.0730. The maximum Gasteiger partial charge on any atom is 0.261 e. The number of hydrogen-bond donors (Lipinski definition) is 0. The fraction of sp³-hybridized carbons (Fsp3) is 0.375. The van der Waals surface area contributed by atoms with Gasteiger partial charge >= 0.3 is 0 Å². The molecule has 2 aromatic carbocycles. The molecule has 0 radical (unpaired) electrons. The minimum atomic E-state index is -0.0227. The van der Waals surface area contributed by atoms with Gasteiger partial charge in [0.05, 0.1) is 16.9 Å². The number of amides is 1. The van der Waals surface area contributed by atoms with Gasteiger partial charge in [-0.1, -0.05) is 30.7 Å². The minimum absolute atomic E-state index is 0.0176. The zero-order valence-corrected chi connectivity index (χ0v) is 16.7. The lowest BCUT2D eigenvalue weighted by Crippen LogP contribution is -2.30. The van der Waals surface area contributed by atoms with Gasteiger partial charge in [-0.05, 0) is 55.0 Å². The van der Waals surface area contributed by atoms with Crippen LogP contribution >= 0.6 is 0 Å². The van der Waals surface area contributed by atoms with E-state index < -0.39 is 0 Å². The van der Waals surface area contributed by atoms with Crippen molar-refractivity contribution in [2.75, 3.05) is 7.05 Å². The van der Waals surface area contributed by atoms with Crippen LogP contribution in [0.3, 0.4) is 0 Å². The maximum absolute atomic E-state index is 13.2. The number of rotatable bonds is 2. The molecule has 148 valence electrons. The molecule has 1 amide bonds. The standard InChI is InChI=1S/C24H25N3O2/c1-26(21-13-11-16-7-4-5-8-18(16)21)23(28)17-10-12-19-20(15-17)25-22-9-3-2-6-14-27(22)24(19)29/h4-5,7-8,10,12,15,21H,2-3,6,9,11,13-14H2,1H3/t21-/m1/s1. The molecule has 29 heavy (non-hydrogen) atoms. The molecule has 2 heterocycles. The molecule has 5 heteroatoms. The van der Waals surface area contributed by atoms with Crippen LogP contribution in [-0.2, 0) is 19.4 Å². The van der Waals surface area contributed by atoms with Crippen molar-refractivity contribution < 1.29 is 4.79 Å². The van der Waals surface area contributed by atoms with Crippen molar-refractivity contribution in [2.24, 2.45) is 0 Å². The highest BCUT2D eigenvalue weighted by Gasteiger charge is 2.29. The summed E-state index contributed by atoms with van der Waals surface area (Å²) < 4.78 is 1.82. The van der Waals surface area contributed by atoms with Crippen molar-refractivity contribution in [2.45, 2.75) is 51.1 Å². The van der Waals surface area contributed by atoms with Crippen molar-refractivity contribution in [3.8, 4) is 0 Å². The van der Waals surface area contributed by atoms with E-state index >= 15 is 0 Å². The first-order valence-electron chi connectivity index (χ1n) is 10.5. The Hall–Kier alpha value is -2.95. The summed E-state index contributed by atoms with van der Waals surface area (Å²) in [6.45, 7) is 0.738. The van der Waals surface area contributed by atoms with Crippen LogP contribution in [0.25, 0.3) is 10.9 Å². The van der Waals surface area contributed by atoms with Crippen LogP contribution < -0.4 is 5.56 Å². The summed E-state index contributed by atoms with van der Waals surface area (Å²) >= 11 is 0. The third-order valence-corrected chi connectivity index (χ3v) is 6.45. The van der Waals surface area contributed by atoms with Gasteiger partial charge in [0.1, 0.15) is 5.82 Å². The van der Waals surface area contributed by atoms with E-state index in [1.54, 1.807) is 18.2 Å². The second kappa shape index (κ2) is 7.14. The van der Waals surface area contributed by atoms with E-state index in [1.165, 1.54) is 11.1 Å². The molecule has 0 saturated carbocycles. The lowest BCUT2D eigenvalue weighted by Gasteiger charge is -2.25. The zero-order chi connectivity index (χ0) is 20.0. The second-order valence-corrected chi connectivity index (χ2v) is 8.20. The molecule has 0 N–H and O–H groups in total. The number of nitrogens with zero attached hydrogens (tertiary/aromatic N) is 3. The number of aryl methyl sites for hydroxylation is 2. The largest absolute Gasteiger partial charge is 0.335 e. The summed E-state index contributed by atoms with van der Waals surface area (Å²) in [5.41, 5.74) is 3.81. The Morgan fingerprint density at radius 3 is 2.86 bits per heavy atom. The van der Waals surface area contributed by atoms with Crippen LogP contribution in [0.4, 0.5) is 0 Å². The molecule has 0 spiro atoms. The number of aromatic nitrogens is 2. The molecule has 1 aliphatic heterocycles. The van der Waals surface area contributed by atoms with Gasteiger partial charge in [0.15, 0.2) is 0 Å². The molecule has 0 unspecified atom stereocenters. The van der Waals surface area contributed by atoms with Gasteiger partial charge in [0, 0.05) is 25.6 Å². The van der Waals surface area contributed by atoms with E-state index in [1.807, 2.05) is 22.6 Å². The predicted octanol–water partition coefficient (Wildman–Crippen LogP) is 3.88. The summed E-state index contributed by atoms with van der Waals surface area (Å²) in [6, 6.07) is 13.8. The van der Waals surface area contributed by atoms with Gasteiger partial charge < -0.3 is 4.90 Å². The first-order chi connectivity index (χ1) is 14.1. The Bertz CT molecular complexity index is 1160. The molecule has 0 fully saturated rings. The first kappa shape index (κ1) is 18.1. The second-order valence-electron chi connectivity index (χ2n) is 8.20. The van der Waals surface area contributed by atoms with Crippen molar-refractivity contribution in [3.05, 3.63) is 75.3 Å². The van der Waals surface area contributed by atoms with Crippen LogP contribution in [0.1, 0.15) is 59.0 Å². The molecule has 1 atom stereocenters. The fourth-order valence-electron chi connectivity index (χ4n) is 4.83. The fourth-order valence-corrected chi connectivity index (χ4v) is 4.83. The van der Waals surface area contributed by atoms with E-state index in [0.717, 1.165) is 50.9 Å². The van der Waals surface area contributed by atoms with Gasteiger partial charge in [0.25, 0.3) is 11.5 Å². The third kappa shape index (κ3) is 3.05. The molecule has 1 aromatic heterocycles. The average molecular weight is 387 g/mol. The van der Waals surface area contributed by atoms with Crippen LogP contribution in [0.5, 0.6) is 0 Å². The van der Waals surface area contributed by atoms with Gasteiger partial charge in [-0.3, -0.25) is 14.2 Å². The van der Waals surface area contributed by atoms with Crippen molar-refractivity contribution in [3.63, 3.8) is 0 Å². The van der Waals surface area contributed by atoms with Crippen LogP contribution in [0.2, 0.25) is 0 Å². The van der Waals surface area contributed by atoms with Crippen molar-refractivity contribution in [1.29, 1.82) is 0 Å². The number of benzene rings is 2. The molecule has 5 rings (SSSR count).